The largest absolute Gasteiger partial charge is 0.339 e. The van der Waals surface area contributed by atoms with E-state index in [0.717, 1.165) is 12.8 Å². The molecule has 1 aliphatic rings. The van der Waals surface area contributed by atoms with Gasteiger partial charge in [-0.1, -0.05) is 11.6 Å². The van der Waals surface area contributed by atoms with Crippen LogP contribution in [0.3, 0.4) is 0 Å². The quantitative estimate of drug-likeness (QED) is 0.920. The molecule has 1 aromatic rings. The lowest BCUT2D eigenvalue weighted by Crippen LogP contribution is -2.31. The number of benzene rings is 1. The van der Waals surface area contributed by atoms with Gasteiger partial charge in [0.2, 0.25) is 10.0 Å². The van der Waals surface area contributed by atoms with Crippen LogP contribution >= 0.6 is 11.6 Å². The number of carbonyl (C=O) groups excluding carboxylic acids is 1. The van der Waals surface area contributed by atoms with Crippen LogP contribution in [0, 0.1) is 0 Å². The van der Waals surface area contributed by atoms with Crippen LogP contribution in [0.4, 0.5) is 0 Å². The Morgan fingerprint density at radius 2 is 1.90 bits per heavy atom. The Labute approximate surface area is 130 Å². The van der Waals surface area contributed by atoms with E-state index in [2.05, 4.69) is 4.72 Å². The van der Waals surface area contributed by atoms with Gasteiger partial charge in [0.05, 0.1) is 15.5 Å². The van der Waals surface area contributed by atoms with Gasteiger partial charge in [-0.2, -0.15) is 0 Å². The minimum Gasteiger partial charge on any atom is -0.339 e. The summed E-state index contributed by atoms with van der Waals surface area (Å²) in [6, 6.07) is 4.00. The molecule has 0 radical (unpaired) electrons. The lowest BCUT2D eigenvalue weighted by Gasteiger charge is -2.17. The van der Waals surface area contributed by atoms with Crippen LogP contribution in [-0.4, -0.2) is 38.4 Å². The summed E-state index contributed by atoms with van der Waals surface area (Å²) in [5.41, 5.74) is 0.241. The fourth-order valence-electron chi connectivity index (χ4n) is 2.30. The van der Waals surface area contributed by atoms with Crippen LogP contribution in [-0.2, 0) is 10.0 Å². The van der Waals surface area contributed by atoms with E-state index >= 15 is 0 Å². The first-order valence-corrected chi connectivity index (χ1v) is 8.78. The van der Waals surface area contributed by atoms with Gasteiger partial charge >= 0.3 is 0 Å². The van der Waals surface area contributed by atoms with E-state index in [9.17, 15) is 13.2 Å². The standard InChI is InChI=1S/C14H19ClN2O3S/c1-10(2)16-21(19,20)11-5-6-13(15)12(9-11)14(18)17-7-3-4-8-17/h5-6,9-10,16H,3-4,7-8H2,1-2H3. The van der Waals surface area contributed by atoms with Crippen LogP contribution in [0.1, 0.15) is 37.0 Å². The summed E-state index contributed by atoms with van der Waals surface area (Å²) in [5, 5.41) is 0.274. The molecular formula is C14H19ClN2O3S. The number of nitrogens with one attached hydrogen (secondary N) is 1. The first kappa shape index (κ1) is 16.3. The zero-order valence-corrected chi connectivity index (χ0v) is 13.7. The summed E-state index contributed by atoms with van der Waals surface area (Å²) in [4.78, 5) is 14.2. The Kier molecular flexibility index (Phi) is 4.91. The second-order valence-corrected chi connectivity index (χ2v) is 7.54. The molecule has 1 saturated heterocycles. The summed E-state index contributed by atoms with van der Waals surface area (Å²) < 4.78 is 26.8. The number of rotatable bonds is 4. The van der Waals surface area contributed by atoms with E-state index in [1.165, 1.54) is 18.2 Å². The molecule has 7 heteroatoms. The Morgan fingerprint density at radius 1 is 1.29 bits per heavy atom. The van der Waals surface area contributed by atoms with Crippen molar-refractivity contribution >= 4 is 27.5 Å². The van der Waals surface area contributed by atoms with Crippen molar-refractivity contribution in [3.05, 3.63) is 28.8 Å². The van der Waals surface area contributed by atoms with Crippen molar-refractivity contribution in [2.75, 3.05) is 13.1 Å². The average molecular weight is 331 g/mol. The molecule has 0 bridgehead atoms. The van der Waals surface area contributed by atoms with E-state index in [-0.39, 0.29) is 27.4 Å². The number of carbonyl (C=O) groups is 1. The lowest BCUT2D eigenvalue weighted by atomic mass is 10.2. The van der Waals surface area contributed by atoms with Crippen LogP contribution < -0.4 is 4.72 Å². The average Bonchev–Trinajstić information content (AvgIpc) is 2.90. The van der Waals surface area contributed by atoms with Gasteiger partial charge in [-0.15, -0.1) is 0 Å². The molecule has 1 amide bonds. The third kappa shape index (κ3) is 3.75. The van der Waals surface area contributed by atoms with Crippen molar-refractivity contribution in [3.8, 4) is 0 Å². The first-order valence-electron chi connectivity index (χ1n) is 6.92. The van der Waals surface area contributed by atoms with Crippen molar-refractivity contribution in [1.29, 1.82) is 0 Å². The van der Waals surface area contributed by atoms with Gasteiger partial charge in [-0.05, 0) is 44.9 Å². The summed E-state index contributed by atoms with van der Waals surface area (Å²) in [7, 11) is -3.64. The molecule has 0 aromatic heterocycles. The number of hydrogen-bond acceptors (Lipinski definition) is 3. The third-order valence-electron chi connectivity index (χ3n) is 3.26. The van der Waals surface area contributed by atoms with Gasteiger partial charge in [0.1, 0.15) is 0 Å². The molecule has 0 atom stereocenters. The van der Waals surface area contributed by atoms with Crippen molar-refractivity contribution in [1.82, 2.24) is 9.62 Å². The highest BCUT2D eigenvalue weighted by Gasteiger charge is 2.24. The molecule has 0 aliphatic carbocycles. The Hall–Kier alpha value is -1.11. The highest BCUT2D eigenvalue weighted by atomic mass is 35.5. The van der Waals surface area contributed by atoms with Crippen molar-refractivity contribution in [2.24, 2.45) is 0 Å². The monoisotopic (exact) mass is 330 g/mol. The molecule has 0 saturated carbocycles. The minimum absolute atomic E-state index is 0.0585. The highest BCUT2D eigenvalue weighted by molar-refractivity contribution is 7.89. The number of sulfonamides is 1. The molecular weight excluding hydrogens is 312 g/mol. The van der Waals surface area contributed by atoms with E-state index in [1.807, 2.05) is 0 Å². The van der Waals surface area contributed by atoms with Crippen LogP contribution in [0.5, 0.6) is 0 Å². The maximum absolute atomic E-state index is 12.4. The molecule has 2 rings (SSSR count). The second kappa shape index (κ2) is 6.34. The summed E-state index contributed by atoms with van der Waals surface area (Å²) in [6.07, 6.45) is 1.94. The van der Waals surface area contributed by atoms with Crippen molar-refractivity contribution < 1.29 is 13.2 Å². The number of halogens is 1. The highest BCUT2D eigenvalue weighted by Crippen LogP contribution is 2.23. The maximum atomic E-state index is 12.4. The van der Waals surface area contributed by atoms with Gasteiger partial charge in [-0.3, -0.25) is 4.79 Å². The molecule has 1 heterocycles. The third-order valence-corrected chi connectivity index (χ3v) is 5.25. The predicted octanol–water partition coefficient (Wildman–Crippen LogP) is 2.26. The zero-order chi connectivity index (χ0) is 15.6. The summed E-state index contributed by atoms with van der Waals surface area (Å²) in [6.45, 7) is 4.86. The van der Waals surface area contributed by atoms with Gasteiger partial charge < -0.3 is 4.90 Å². The minimum atomic E-state index is -3.64. The number of amides is 1. The zero-order valence-electron chi connectivity index (χ0n) is 12.1. The number of likely N-dealkylation sites (tertiary alicyclic amines) is 1. The van der Waals surface area contributed by atoms with Crippen LogP contribution in [0.2, 0.25) is 5.02 Å². The van der Waals surface area contributed by atoms with Gasteiger partial charge in [0, 0.05) is 19.1 Å². The van der Waals surface area contributed by atoms with Crippen molar-refractivity contribution in [3.63, 3.8) is 0 Å². The fourth-order valence-corrected chi connectivity index (χ4v) is 3.78. The van der Waals surface area contributed by atoms with E-state index in [4.69, 9.17) is 11.6 Å². The van der Waals surface area contributed by atoms with E-state index in [1.54, 1.807) is 18.7 Å². The molecule has 1 aliphatic heterocycles. The second-order valence-electron chi connectivity index (χ2n) is 5.42. The van der Waals surface area contributed by atoms with Crippen LogP contribution in [0.25, 0.3) is 0 Å². The van der Waals surface area contributed by atoms with Crippen molar-refractivity contribution in [2.45, 2.75) is 37.6 Å². The molecule has 1 fully saturated rings. The molecule has 1 aromatic carbocycles. The van der Waals surface area contributed by atoms with Gasteiger partial charge in [0.25, 0.3) is 5.91 Å². The first-order chi connectivity index (χ1) is 9.81. The van der Waals surface area contributed by atoms with Gasteiger partial charge in [-0.25, -0.2) is 13.1 Å². The molecule has 21 heavy (non-hydrogen) atoms. The molecule has 0 unspecified atom stereocenters. The molecule has 5 nitrogen and oxygen atoms in total. The van der Waals surface area contributed by atoms with E-state index < -0.39 is 10.0 Å². The summed E-state index contributed by atoms with van der Waals surface area (Å²) >= 11 is 6.06. The predicted molar refractivity (Wildman–Crippen MR) is 82.0 cm³/mol. The Bertz CT molecular complexity index is 638. The SMILES string of the molecule is CC(C)NS(=O)(=O)c1ccc(Cl)c(C(=O)N2CCCC2)c1. The lowest BCUT2D eigenvalue weighted by molar-refractivity contribution is 0.0792. The Morgan fingerprint density at radius 3 is 2.48 bits per heavy atom. The number of nitrogens with zero attached hydrogens (tertiary/aromatic N) is 1. The fraction of sp³-hybridized carbons (Fsp3) is 0.500. The number of hydrogen-bond donors (Lipinski definition) is 1. The van der Waals surface area contributed by atoms with E-state index in [0.29, 0.717) is 13.1 Å². The maximum Gasteiger partial charge on any atom is 0.255 e. The smallest absolute Gasteiger partial charge is 0.255 e. The molecule has 116 valence electrons. The summed E-state index contributed by atoms with van der Waals surface area (Å²) in [5.74, 6) is -0.209. The molecule has 0 spiro atoms. The van der Waals surface area contributed by atoms with Crippen LogP contribution in [0.15, 0.2) is 23.1 Å². The normalized spacial score (nSPS) is 15.7. The van der Waals surface area contributed by atoms with Gasteiger partial charge in [0.15, 0.2) is 0 Å². The topological polar surface area (TPSA) is 66.5 Å². The molecule has 1 N–H and O–H groups in total. The Balaban J connectivity index is 2.35.